The Labute approximate surface area is 112 Å². The van der Waals surface area contributed by atoms with E-state index in [9.17, 15) is 0 Å². The quantitative estimate of drug-likeness (QED) is 0.730. The third-order valence-electron chi connectivity index (χ3n) is 2.59. The SMILES string of the molecule is CCc1nnsc1-c1nc2cc(Cl)c(N)cc2o1. The first-order chi connectivity index (χ1) is 8.69. The first-order valence-corrected chi connectivity index (χ1v) is 6.51. The van der Waals surface area contributed by atoms with Crippen LogP contribution in [0.25, 0.3) is 21.9 Å². The Balaban J connectivity index is 2.19. The highest BCUT2D eigenvalue weighted by molar-refractivity contribution is 7.09. The van der Waals surface area contributed by atoms with Gasteiger partial charge in [-0.25, -0.2) is 4.98 Å². The van der Waals surface area contributed by atoms with Crippen molar-refractivity contribution in [1.82, 2.24) is 14.6 Å². The van der Waals surface area contributed by atoms with Crippen molar-refractivity contribution in [2.75, 3.05) is 5.73 Å². The summed E-state index contributed by atoms with van der Waals surface area (Å²) in [4.78, 5) is 5.24. The van der Waals surface area contributed by atoms with Gasteiger partial charge in [0.05, 0.1) is 16.4 Å². The van der Waals surface area contributed by atoms with Gasteiger partial charge in [0.25, 0.3) is 0 Å². The van der Waals surface area contributed by atoms with Crippen LogP contribution in [0, 0.1) is 0 Å². The fourth-order valence-electron chi connectivity index (χ4n) is 1.66. The Morgan fingerprint density at radius 2 is 2.28 bits per heavy atom. The Bertz CT molecular complexity index is 682. The zero-order valence-corrected chi connectivity index (χ0v) is 11.0. The number of halogens is 1. The highest BCUT2D eigenvalue weighted by Crippen LogP contribution is 2.32. The fourth-order valence-corrected chi connectivity index (χ4v) is 2.50. The van der Waals surface area contributed by atoms with E-state index in [1.54, 1.807) is 12.1 Å². The smallest absolute Gasteiger partial charge is 0.241 e. The Kier molecular flexibility index (Phi) is 2.68. The molecule has 0 saturated heterocycles. The van der Waals surface area contributed by atoms with Crippen molar-refractivity contribution in [2.24, 2.45) is 0 Å². The summed E-state index contributed by atoms with van der Waals surface area (Å²) in [6, 6.07) is 3.37. The molecular weight excluding hydrogens is 272 g/mol. The number of aryl methyl sites for hydroxylation is 1. The minimum Gasteiger partial charge on any atom is -0.435 e. The topological polar surface area (TPSA) is 77.8 Å². The van der Waals surface area contributed by atoms with Crippen molar-refractivity contribution in [3.05, 3.63) is 22.8 Å². The second-order valence-corrected chi connectivity index (χ2v) is 4.92. The van der Waals surface area contributed by atoms with Crippen LogP contribution in [0.5, 0.6) is 0 Å². The van der Waals surface area contributed by atoms with E-state index in [0.717, 1.165) is 17.0 Å². The van der Waals surface area contributed by atoms with Gasteiger partial charge in [0, 0.05) is 6.07 Å². The molecule has 0 bridgehead atoms. The molecule has 0 amide bonds. The third-order valence-corrected chi connectivity index (χ3v) is 3.68. The monoisotopic (exact) mass is 280 g/mol. The molecule has 0 unspecified atom stereocenters. The van der Waals surface area contributed by atoms with Crippen molar-refractivity contribution < 1.29 is 4.42 Å². The largest absolute Gasteiger partial charge is 0.435 e. The van der Waals surface area contributed by atoms with Gasteiger partial charge in [0.1, 0.15) is 10.4 Å². The Morgan fingerprint density at radius 1 is 1.44 bits per heavy atom. The van der Waals surface area contributed by atoms with Crippen molar-refractivity contribution >= 4 is 39.9 Å². The van der Waals surface area contributed by atoms with Crippen molar-refractivity contribution in [1.29, 1.82) is 0 Å². The number of benzene rings is 1. The molecule has 0 saturated carbocycles. The maximum absolute atomic E-state index is 5.95. The molecule has 0 radical (unpaired) electrons. The Morgan fingerprint density at radius 3 is 3.06 bits per heavy atom. The minimum atomic E-state index is 0.473. The minimum absolute atomic E-state index is 0.473. The van der Waals surface area contributed by atoms with Crippen LogP contribution in [-0.4, -0.2) is 14.6 Å². The molecule has 2 aromatic heterocycles. The molecule has 92 valence electrons. The van der Waals surface area contributed by atoms with Gasteiger partial charge < -0.3 is 10.2 Å². The van der Waals surface area contributed by atoms with E-state index in [2.05, 4.69) is 14.6 Å². The van der Waals surface area contributed by atoms with Gasteiger partial charge in [-0.1, -0.05) is 23.0 Å². The summed E-state index contributed by atoms with van der Waals surface area (Å²) in [5, 5.41) is 4.51. The molecule has 1 aromatic carbocycles. The zero-order chi connectivity index (χ0) is 12.7. The second kappa shape index (κ2) is 4.22. The number of rotatable bonds is 2. The molecule has 0 aliphatic rings. The normalized spacial score (nSPS) is 11.2. The number of fused-ring (bicyclic) bond motifs is 1. The molecule has 7 heteroatoms. The van der Waals surface area contributed by atoms with Crippen LogP contribution in [0.4, 0.5) is 5.69 Å². The Hall–Kier alpha value is -1.66. The van der Waals surface area contributed by atoms with E-state index in [0.29, 0.717) is 27.7 Å². The van der Waals surface area contributed by atoms with Gasteiger partial charge in [-0.15, -0.1) is 5.10 Å². The summed E-state index contributed by atoms with van der Waals surface area (Å²) in [6.07, 6.45) is 0.785. The molecule has 5 nitrogen and oxygen atoms in total. The predicted molar refractivity (Wildman–Crippen MR) is 71.7 cm³/mol. The lowest BCUT2D eigenvalue weighted by Crippen LogP contribution is -1.85. The molecule has 0 fully saturated rings. The molecule has 3 aromatic rings. The van der Waals surface area contributed by atoms with Gasteiger partial charge in [-0.3, -0.25) is 0 Å². The molecule has 0 aliphatic carbocycles. The number of hydrogen-bond acceptors (Lipinski definition) is 6. The maximum Gasteiger partial charge on any atom is 0.241 e. The highest BCUT2D eigenvalue weighted by Gasteiger charge is 2.16. The van der Waals surface area contributed by atoms with Crippen LogP contribution in [0.1, 0.15) is 12.6 Å². The summed E-state index contributed by atoms with van der Waals surface area (Å²) in [5.74, 6) is 0.513. The molecule has 0 atom stereocenters. The molecule has 0 aliphatic heterocycles. The van der Waals surface area contributed by atoms with Crippen LogP contribution in [0.3, 0.4) is 0 Å². The molecular formula is C11H9ClN4OS. The van der Waals surface area contributed by atoms with E-state index < -0.39 is 0 Å². The number of nitrogens with zero attached hydrogens (tertiary/aromatic N) is 3. The van der Waals surface area contributed by atoms with Crippen LogP contribution in [0.2, 0.25) is 5.02 Å². The summed E-state index contributed by atoms with van der Waals surface area (Å²) in [6.45, 7) is 2.01. The number of hydrogen-bond donors (Lipinski definition) is 1. The maximum atomic E-state index is 5.95. The van der Waals surface area contributed by atoms with Crippen molar-refractivity contribution in [2.45, 2.75) is 13.3 Å². The number of nitrogens with two attached hydrogens (primary N) is 1. The number of aromatic nitrogens is 3. The van der Waals surface area contributed by atoms with Crippen molar-refractivity contribution in [3.8, 4) is 10.8 Å². The van der Waals surface area contributed by atoms with E-state index in [1.807, 2.05) is 6.92 Å². The summed E-state index contributed by atoms with van der Waals surface area (Å²) >= 11 is 7.22. The van der Waals surface area contributed by atoms with Gasteiger partial charge in [0.15, 0.2) is 5.58 Å². The molecule has 3 rings (SSSR count). The molecule has 2 heterocycles. The van der Waals surface area contributed by atoms with Gasteiger partial charge in [-0.05, 0) is 24.0 Å². The van der Waals surface area contributed by atoms with Crippen molar-refractivity contribution in [3.63, 3.8) is 0 Å². The van der Waals surface area contributed by atoms with Crippen LogP contribution in [0.15, 0.2) is 16.5 Å². The average Bonchev–Trinajstić information content (AvgIpc) is 2.95. The molecule has 2 N–H and O–H groups in total. The summed E-state index contributed by atoms with van der Waals surface area (Å²) in [5.41, 5.74) is 8.38. The van der Waals surface area contributed by atoms with E-state index in [1.165, 1.54) is 11.5 Å². The van der Waals surface area contributed by atoms with Crippen LogP contribution in [-0.2, 0) is 6.42 Å². The second-order valence-electron chi connectivity index (χ2n) is 3.76. The lowest BCUT2D eigenvalue weighted by molar-refractivity contribution is 0.620. The fraction of sp³-hybridized carbons (Fsp3) is 0.182. The summed E-state index contributed by atoms with van der Waals surface area (Å²) < 4.78 is 9.59. The van der Waals surface area contributed by atoms with Gasteiger partial charge in [0.2, 0.25) is 5.89 Å². The predicted octanol–water partition coefficient (Wildman–Crippen LogP) is 3.14. The first kappa shape index (κ1) is 11.4. The number of oxazole rings is 1. The average molecular weight is 281 g/mol. The highest BCUT2D eigenvalue weighted by atomic mass is 35.5. The molecule has 18 heavy (non-hydrogen) atoms. The summed E-state index contributed by atoms with van der Waals surface area (Å²) in [7, 11) is 0. The standard InChI is InChI=1S/C11H9ClN4OS/c1-2-7-10(18-16-15-7)11-14-8-3-5(12)6(13)4-9(8)17-11/h3-4H,2,13H2,1H3. The first-order valence-electron chi connectivity index (χ1n) is 5.36. The van der Waals surface area contributed by atoms with Gasteiger partial charge >= 0.3 is 0 Å². The van der Waals surface area contributed by atoms with Crippen LogP contribution < -0.4 is 5.73 Å². The lowest BCUT2D eigenvalue weighted by Gasteiger charge is -1.94. The van der Waals surface area contributed by atoms with E-state index in [4.69, 9.17) is 21.8 Å². The van der Waals surface area contributed by atoms with Gasteiger partial charge in [-0.2, -0.15) is 0 Å². The number of anilines is 1. The van der Waals surface area contributed by atoms with E-state index in [-0.39, 0.29) is 0 Å². The van der Waals surface area contributed by atoms with Crippen LogP contribution >= 0.6 is 23.1 Å². The zero-order valence-electron chi connectivity index (χ0n) is 9.48. The molecule has 0 spiro atoms. The van der Waals surface area contributed by atoms with E-state index >= 15 is 0 Å². The number of nitrogen functional groups attached to an aromatic ring is 1. The lowest BCUT2D eigenvalue weighted by atomic mass is 10.3. The third kappa shape index (κ3) is 1.74.